The van der Waals surface area contributed by atoms with E-state index in [0.717, 1.165) is 23.0 Å². The third-order valence-electron chi connectivity index (χ3n) is 4.13. The van der Waals surface area contributed by atoms with Crippen LogP contribution in [0.25, 0.3) is 6.08 Å². The Labute approximate surface area is 177 Å². The number of amidine groups is 1. The molecule has 0 N–H and O–H groups in total. The molecule has 0 radical (unpaired) electrons. The van der Waals surface area contributed by atoms with Gasteiger partial charge in [-0.3, -0.25) is 9.69 Å². The number of carbonyl (C=O) groups excluding carboxylic acids is 1. The van der Waals surface area contributed by atoms with Crippen LogP contribution in [-0.4, -0.2) is 37.5 Å². The van der Waals surface area contributed by atoms with Gasteiger partial charge in [0, 0.05) is 19.8 Å². The third kappa shape index (κ3) is 4.96. The number of carbonyl (C=O) groups is 1. The van der Waals surface area contributed by atoms with E-state index < -0.39 is 6.61 Å². The Morgan fingerprint density at radius 3 is 2.43 bits per heavy atom. The van der Waals surface area contributed by atoms with Crippen molar-refractivity contribution in [2.24, 2.45) is 4.99 Å². The van der Waals surface area contributed by atoms with Crippen molar-refractivity contribution in [2.75, 3.05) is 29.6 Å². The lowest BCUT2D eigenvalue weighted by atomic mass is 10.1. The second-order valence-electron chi connectivity index (χ2n) is 6.37. The zero-order valence-corrected chi connectivity index (χ0v) is 17.1. The Bertz CT molecular complexity index is 1010. The number of halogens is 2. The van der Waals surface area contributed by atoms with Gasteiger partial charge in [-0.1, -0.05) is 23.9 Å². The molecule has 0 unspecified atom stereocenters. The summed E-state index contributed by atoms with van der Waals surface area (Å²) in [6.07, 6.45) is 1.67. The molecule has 2 aromatic carbocycles. The summed E-state index contributed by atoms with van der Waals surface area (Å²) in [6.45, 7) is -2.93. The average Bonchev–Trinajstić information content (AvgIpc) is 3.02. The number of hydrogen-bond acceptors (Lipinski definition) is 6. The molecule has 0 saturated carbocycles. The molecule has 1 heterocycles. The first-order chi connectivity index (χ1) is 14.4. The lowest BCUT2D eigenvalue weighted by Crippen LogP contribution is -2.30. The Kier molecular flexibility index (Phi) is 6.69. The molecule has 3 rings (SSSR count). The molecule has 30 heavy (non-hydrogen) atoms. The van der Waals surface area contributed by atoms with E-state index in [4.69, 9.17) is 5.26 Å². The van der Waals surface area contributed by atoms with Crippen molar-refractivity contribution >= 4 is 40.3 Å². The van der Waals surface area contributed by atoms with Crippen LogP contribution in [0.2, 0.25) is 0 Å². The summed E-state index contributed by atoms with van der Waals surface area (Å²) in [5.41, 5.74) is 2.49. The molecule has 0 spiro atoms. The molecule has 0 aromatic heterocycles. The highest BCUT2D eigenvalue weighted by molar-refractivity contribution is 8.14. The van der Waals surface area contributed by atoms with Crippen LogP contribution >= 0.6 is 11.8 Å². The average molecular weight is 428 g/mol. The van der Waals surface area contributed by atoms with Gasteiger partial charge in [-0.05, 0) is 48.0 Å². The zero-order chi connectivity index (χ0) is 21.7. The van der Waals surface area contributed by atoms with Crippen LogP contribution in [0.1, 0.15) is 5.56 Å². The number of thioether (sulfide) groups is 1. The molecule has 0 aliphatic carbocycles. The molecule has 6 nitrogen and oxygen atoms in total. The van der Waals surface area contributed by atoms with E-state index >= 15 is 0 Å². The first-order valence-electron chi connectivity index (χ1n) is 8.86. The first-order valence-corrected chi connectivity index (χ1v) is 9.84. The molecule has 0 fully saturated rings. The van der Waals surface area contributed by atoms with E-state index in [2.05, 4.69) is 9.73 Å². The first kappa shape index (κ1) is 21.3. The predicted octanol–water partition coefficient (Wildman–Crippen LogP) is 4.35. The number of anilines is 2. The Morgan fingerprint density at radius 2 is 1.87 bits per heavy atom. The SMILES string of the molecule is CN(C)c1ccc(/C=C2/N=C(SCC#N)N(c3ccc(OC(F)F)cc3)C2=O)cc1. The number of rotatable bonds is 6. The van der Waals surface area contributed by atoms with Crippen molar-refractivity contribution in [3.63, 3.8) is 0 Å². The molecule has 2 aromatic rings. The summed E-state index contributed by atoms with van der Waals surface area (Å²) in [7, 11) is 3.87. The van der Waals surface area contributed by atoms with Crippen LogP contribution in [0.5, 0.6) is 5.75 Å². The number of aliphatic imine (C=N–C) groups is 1. The van der Waals surface area contributed by atoms with Crippen molar-refractivity contribution in [1.82, 2.24) is 0 Å². The second-order valence-corrected chi connectivity index (χ2v) is 7.31. The van der Waals surface area contributed by atoms with Gasteiger partial charge in [-0.2, -0.15) is 14.0 Å². The lowest BCUT2D eigenvalue weighted by Gasteiger charge is -2.17. The van der Waals surface area contributed by atoms with Crippen LogP contribution in [-0.2, 0) is 4.79 Å². The summed E-state index contributed by atoms with van der Waals surface area (Å²) in [6, 6.07) is 15.3. The quantitative estimate of drug-likeness (QED) is 0.640. The maximum atomic E-state index is 13.0. The Hall–Kier alpha value is -3.38. The minimum absolute atomic E-state index is 0.0136. The molecule has 154 valence electrons. The lowest BCUT2D eigenvalue weighted by molar-refractivity contribution is -0.113. The highest BCUT2D eigenvalue weighted by Crippen LogP contribution is 2.31. The van der Waals surface area contributed by atoms with E-state index in [0.29, 0.717) is 10.9 Å². The minimum atomic E-state index is -2.93. The topological polar surface area (TPSA) is 68.9 Å². The number of nitrogens with zero attached hydrogens (tertiary/aromatic N) is 4. The van der Waals surface area contributed by atoms with E-state index in [9.17, 15) is 13.6 Å². The maximum Gasteiger partial charge on any atom is 0.387 e. The molecular weight excluding hydrogens is 410 g/mol. The van der Waals surface area contributed by atoms with Gasteiger partial charge in [0.2, 0.25) is 0 Å². The standard InChI is InChI=1S/C21H18F2N4O2S/c1-26(2)15-5-3-14(4-6-15)13-18-19(28)27(21(25-18)30-12-11-24)16-7-9-17(10-8-16)29-20(22)23/h3-10,13,20H,12H2,1-2H3/b18-13+. The number of amides is 1. The summed E-state index contributed by atoms with van der Waals surface area (Å²) >= 11 is 1.12. The molecular formula is C21H18F2N4O2S. The van der Waals surface area contributed by atoms with E-state index in [1.165, 1.54) is 29.2 Å². The largest absolute Gasteiger partial charge is 0.435 e. The minimum Gasteiger partial charge on any atom is -0.435 e. The van der Waals surface area contributed by atoms with E-state index in [1.807, 2.05) is 49.3 Å². The van der Waals surface area contributed by atoms with Gasteiger partial charge in [-0.25, -0.2) is 4.99 Å². The summed E-state index contributed by atoms with van der Waals surface area (Å²) in [4.78, 5) is 20.7. The molecule has 1 aliphatic rings. The highest BCUT2D eigenvalue weighted by Gasteiger charge is 2.32. The van der Waals surface area contributed by atoms with Crippen molar-refractivity contribution < 1.29 is 18.3 Å². The van der Waals surface area contributed by atoms with Crippen LogP contribution in [0.15, 0.2) is 59.2 Å². The van der Waals surface area contributed by atoms with Crippen LogP contribution in [0.3, 0.4) is 0 Å². The van der Waals surface area contributed by atoms with Crippen molar-refractivity contribution in [1.29, 1.82) is 5.26 Å². The molecule has 1 aliphatic heterocycles. The fourth-order valence-electron chi connectivity index (χ4n) is 2.72. The number of nitriles is 1. The van der Waals surface area contributed by atoms with Crippen LogP contribution < -0.4 is 14.5 Å². The number of ether oxygens (including phenoxy) is 1. The highest BCUT2D eigenvalue weighted by atomic mass is 32.2. The fraction of sp³-hybridized carbons (Fsp3) is 0.190. The Morgan fingerprint density at radius 1 is 1.20 bits per heavy atom. The smallest absolute Gasteiger partial charge is 0.387 e. The maximum absolute atomic E-state index is 13.0. The molecule has 0 saturated heterocycles. The molecule has 1 amide bonds. The van der Waals surface area contributed by atoms with Gasteiger partial charge in [0.1, 0.15) is 11.4 Å². The van der Waals surface area contributed by atoms with Gasteiger partial charge in [-0.15, -0.1) is 0 Å². The number of alkyl halides is 2. The van der Waals surface area contributed by atoms with Gasteiger partial charge >= 0.3 is 6.61 Å². The molecule has 9 heteroatoms. The van der Waals surface area contributed by atoms with Gasteiger partial charge in [0.05, 0.1) is 17.5 Å². The monoisotopic (exact) mass is 428 g/mol. The summed E-state index contributed by atoms with van der Waals surface area (Å²) in [5, 5.41) is 9.25. The van der Waals surface area contributed by atoms with E-state index in [1.54, 1.807) is 6.08 Å². The third-order valence-corrected chi connectivity index (χ3v) is 4.93. The second kappa shape index (κ2) is 9.41. The van der Waals surface area contributed by atoms with Crippen LogP contribution in [0.4, 0.5) is 20.2 Å². The van der Waals surface area contributed by atoms with Gasteiger partial charge in [0.25, 0.3) is 5.91 Å². The number of benzene rings is 2. The van der Waals surface area contributed by atoms with E-state index in [-0.39, 0.29) is 23.1 Å². The van der Waals surface area contributed by atoms with Crippen molar-refractivity contribution in [3.8, 4) is 11.8 Å². The Balaban J connectivity index is 1.89. The molecule has 0 atom stereocenters. The number of hydrogen-bond donors (Lipinski definition) is 0. The summed E-state index contributed by atoms with van der Waals surface area (Å²) in [5.74, 6) is -0.269. The normalized spacial score (nSPS) is 14.8. The summed E-state index contributed by atoms with van der Waals surface area (Å²) < 4.78 is 29.1. The molecule has 0 bridgehead atoms. The van der Waals surface area contributed by atoms with Crippen LogP contribution in [0, 0.1) is 11.3 Å². The predicted molar refractivity (Wildman–Crippen MR) is 115 cm³/mol. The van der Waals surface area contributed by atoms with Crippen molar-refractivity contribution in [3.05, 3.63) is 59.8 Å². The van der Waals surface area contributed by atoms with Gasteiger partial charge < -0.3 is 9.64 Å². The zero-order valence-electron chi connectivity index (χ0n) is 16.3. The van der Waals surface area contributed by atoms with Gasteiger partial charge in [0.15, 0.2) is 5.17 Å². The fourth-order valence-corrected chi connectivity index (χ4v) is 3.39. The van der Waals surface area contributed by atoms with Crippen molar-refractivity contribution in [2.45, 2.75) is 6.61 Å².